The third-order valence-electron chi connectivity index (χ3n) is 5.38. The van der Waals surface area contributed by atoms with Gasteiger partial charge in [-0.25, -0.2) is 0 Å². The number of hydrogen-bond acceptors (Lipinski definition) is 2. The van der Waals surface area contributed by atoms with Crippen molar-refractivity contribution in [2.45, 2.75) is 91.1 Å². The molecule has 0 aromatic heterocycles. The van der Waals surface area contributed by atoms with Crippen molar-refractivity contribution in [3.63, 3.8) is 0 Å². The van der Waals surface area contributed by atoms with Gasteiger partial charge in [-0.05, 0) is 50.9 Å². The van der Waals surface area contributed by atoms with Crippen molar-refractivity contribution in [1.29, 1.82) is 0 Å². The van der Waals surface area contributed by atoms with Crippen LogP contribution in [0.5, 0.6) is 0 Å². The highest BCUT2D eigenvalue weighted by Gasteiger charge is 2.35. The highest BCUT2D eigenvalue weighted by Crippen LogP contribution is 2.37. The van der Waals surface area contributed by atoms with E-state index in [0.717, 1.165) is 12.0 Å². The number of nitrogens with one attached hydrogen (secondary N) is 1. The first-order chi connectivity index (χ1) is 10.0. The second-order valence-corrected chi connectivity index (χ2v) is 8.49. The molecule has 0 amide bonds. The van der Waals surface area contributed by atoms with Gasteiger partial charge in [-0.1, -0.05) is 39.5 Å². The Labute approximate surface area is 133 Å². The molecule has 2 heteroatoms. The lowest BCUT2D eigenvalue weighted by Gasteiger charge is -2.41. The van der Waals surface area contributed by atoms with Crippen molar-refractivity contribution in [2.24, 2.45) is 11.3 Å². The number of rotatable bonds is 8. The third kappa shape index (κ3) is 5.90. The van der Waals surface area contributed by atoms with Crippen molar-refractivity contribution in [1.82, 2.24) is 10.2 Å². The lowest BCUT2D eigenvalue weighted by Crippen LogP contribution is -2.47. The molecule has 0 aromatic carbocycles. The van der Waals surface area contributed by atoms with Gasteiger partial charge in [0.2, 0.25) is 0 Å². The van der Waals surface area contributed by atoms with Crippen molar-refractivity contribution in [3.8, 4) is 0 Å². The van der Waals surface area contributed by atoms with Crippen LogP contribution in [0.1, 0.15) is 79.1 Å². The molecule has 0 radical (unpaired) electrons. The molecular formula is C19H38N2. The Hall–Kier alpha value is -0.0800. The van der Waals surface area contributed by atoms with Crippen LogP contribution in [0.3, 0.4) is 0 Å². The van der Waals surface area contributed by atoms with Gasteiger partial charge in [0.15, 0.2) is 0 Å². The Morgan fingerprint density at radius 3 is 2.10 bits per heavy atom. The summed E-state index contributed by atoms with van der Waals surface area (Å²) in [5.74, 6) is 0.770. The lowest BCUT2D eigenvalue weighted by molar-refractivity contribution is 0.0930. The summed E-state index contributed by atoms with van der Waals surface area (Å²) in [6, 6.07) is 1.52. The molecule has 2 rings (SSSR count). The third-order valence-corrected chi connectivity index (χ3v) is 5.38. The van der Waals surface area contributed by atoms with Gasteiger partial charge in [-0.3, -0.25) is 0 Å². The van der Waals surface area contributed by atoms with Gasteiger partial charge < -0.3 is 10.2 Å². The van der Waals surface area contributed by atoms with E-state index in [-0.39, 0.29) is 0 Å². The van der Waals surface area contributed by atoms with E-state index >= 15 is 0 Å². The van der Waals surface area contributed by atoms with Gasteiger partial charge in [0.25, 0.3) is 0 Å². The van der Waals surface area contributed by atoms with Crippen LogP contribution in [0.25, 0.3) is 0 Å². The molecule has 0 unspecified atom stereocenters. The molecule has 2 aliphatic carbocycles. The molecule has 0 heterocycles. The first kappa shape index (κ1) is 17.3. The van der Waals surface area contributed by atoms with E-state index in [0.29, 0.717) is 11.5 Å². The van der Waals surface area contributed by atoms with E-state index in [1.165, 1.54) is 71.0 Å². The van der Waals surface area contributed by atoms with E-state index in [2.05, 4.69) is 37.9 Å². The summed E-state index contributed by atoms with van der Waals surface area (Å²) in [6.45, 7) is 13.3. The zero-order valence-electron chi connectivity index (χ0n) is 15.0. The minimum Gasteiger partial charge on any atom is -0.313 e. The normalized spacial score (nSPS) is 23.0. The average molecular weight is 295 g/mol. The second kappa shape index (κ2) is 7.97. The highest BCUT2D eigenvalue weighted by atomic mass is 15.2. The SMILES string of the molecule is CC(C)CN(CC1(CNC2CC2)CCCCCC1)C(C)C. The Bertz CT molecular complexity index is 286. The van der Waals surface area contributed by atoms with E-state index in [9.17, 15) is 0 Å². The molecule has 0 saturated heterocycles. The molecule has 2 fully saturated rings. The van der Waals surface area contributed by atoms with Crippen LogP contribution in [0.15, 0.2) is 0 Å². The molecular weight excluding hydrogens is 256 g/mol. The molecule has 21 heavy (non-hydrogen) atoms. The van der Waals surface area contributed by atoms with Crippen LogP contribution in [0.2, 0.25) is 0 Å². The Morgan fingerprint density at radius 2 is 1.62 bits per heavy atom. The predicted octanol–water partition coefficient (Wildman–Crippen LogP) is 4.45. The standard InChI is InChI=1S/C19H38N2/c1-16(2)13-21(17(3)4)15-19(14-20-18-9-10-18)11-7-5-6-8-12-19/h16-18,20H,5-15H2,1-4H3. The molecule has 0 aliphatic heterocycles. The van der Waals surface area contributed by atoms with Gasteiger partial charge in [-0.15, -0.1) is 0 Å². The summed E-state index contributed by atoms with van der Waals surface area (Å²) in [4.78, 5) is 2.75. The zero-order valence-corrected chi connectivity index (χ0v) is 15.0. The summed E-state index contributed by atoms with van der Waals surface area (Å²) in [5, 5.41) is 3.87. The monoisotopic (exact) mass is 294 g/mol. The molecule has 2 saturated carbocycles. The van der Waals surface area contributed by atoms with Gasteiger partial charge >= 0.3 is 0 Å². The van der Waals surface area contributed by atoms with E-state index < -0.39 is 0 Å². The number of nitrogens with zero attached hydrogens (tertiary/aromatic N) is 1. The predicted molar refractivity (Wildman–Crippen MR) is 92.7 cm³/mol. The summed E-state index contributed by atoms with van der Waals surface area (Å²) in [6.07, 6.45) is 11.5. The van der Waals surface area contributed by atoms with Crippen LogP contribution < -0.4 is 5.32 Å². The summed E-state index contributed by atoms with van der Waals surface area (Å²) >= 11 is 0. The van der Waals surface area contributed by atoms with E-state index in [4.69, 9.17) is 0 Å². The van der Waals surface area contributed by atoms with Crippen LogP contribution in [-0.2, 0) is 0 Å². The fourth-order valence-corrected chi connectivity index (χ4v) is 3.88. The molecule has 124 valence electrons. The van der Waals surface area contributed by atoms with Crippen LogP contribution >= 0.6 is 0 Å². The average Bonchev–Trinajstić information content (AvgIpc) is 3.23. The summed E-state index contributed by atoms with van der Waals surface area (Å²) in [7, 11) is 0. The largest absolute Gasteiger partial charge is 0.313 e. The maximum absolute atomic E-state index is 3.87. The second-order valence-electron chi connectivity index (χ2n) is 8.49. The molecule has 0 spiro atoms. The molecule has 0 bridgehead atoms. The van der Waals surface area contributed by atoms with Crippen molar-refractivity contribution >= 4 is 0 Å². The van der Waals surface area contributed by atoms with Crippen molar-refractivity contribution in [2.75, 3.05) is 19.6 Å². The quantitative estimate of drug-likeness (QED) is 0.666. The van der Waals surface area contributed by atoms with Crippen LogP contribution in [-0.4, -0.2) is 36.6 Å². The summed E-state index contributed by atoms with van der Waals surface area (Å²) in [5.41, 5.74) is 0.540. The lowest BCUT2D eigenvalue weighted by atomic mass is 9.79. The molecule has 0 aromatic rings. The van der Waals surface area contributed by atoms with E-state index in [1.807, 2.05) is 0 Å². The van der Waals surface area contributed by atoms with Crippen LogP contribution in [0, 0.1) is 11.3 Å². The van der Waals surface area contributed by atoms with Gasteiger partial charge in [-0.2, -0.15) is 0 Å². The number of hydrogen-bond donors (Lipinski definition) is 1. The van der Waals surface area contributed by atoms with Crippen molar-refractivity contribution in [3.05, 3.63) is 0 Å². The Kier molecular flexibility index (Phi) is 6.55. The Morgan fingerprint density at radius 1 is 1.00 bits per heavy atom. The first-order valence-corrected chi connectivity index (χ1v) is 9.48. The van der Waals surface area contributed by atoms with Crippen molar-refractivity contribution < 1.29 is 0 Å². The molecule has 2 nitrogen and oxygen atoms in total. The maximum atomic E-state index is 3.87. The van der Waals surface area contributed by atoms with E-state index in [1.54, 1.807) is 0 Å². The smallest absolute Gasteiger partial charge is 0.00684 e. The Balaban J connectivity index is 2.00. The minimum absolute atomic E-state index is 0.540. The fourth-order valence-electron chi connectivity index (χ4n) is 3.88. The summed E-state index contributed by atoms with van der Waals surface area (Å²) < 4.78 is 0. The molecule has 0 atom stereocenters. The molecule has 2 aliphatic rings. The topological polar surface area (TPSA) is 15.3 Å². The molecule has 1 N–H and O–H groups in total. The highest BCUT2D eigenvalue weighted by molar-refractivity contribution is 4.91. The maximum Gasteiger partial charge on any atom is 0.00684 e. The first-order valence-electron chi connectivity index (χ1n) is 9.48. The van der Waals surface area contributed by atoms with Gasteiger partial charge in [0, 0.05) is 31.7 Å². The fraction of sp³-hybridized carbons (Fsp3) is 1.00. The van der Waals surface area contributed by atoms with Gasteiger partial charge in [0.1, 0.15) is 0 Å². The van der Waals surface area contributed by atoms with Crippen LogP contribution in [0.4, 0.5) is 0 Å². The minimum atomic E-state index is 0.540. The van der Waals surface area contributed by atoms with Gasteiger partial charge in [0.05, 0.1) is 0 Å². The zero-order chi connectivity index (χ0) is 15.3.